The fourth-order valence-corrected chi connectivity index (χ4v) is 2.25. The second-order valence-electron chi connectivity index (χ2n) is 4.83. The van der Waals surface area contributed by atoms with Crippen LogP contribution in [0.4, 0.5) is 11.9 Å². The molecule has 2 aromatic rings. The van der Waals surface area contributed by atoms with Crippen LogP contribution in [0.2, 0.25) is 0 Å². The van der Waals surface area contributed by atoms with Crippen LogP contribution in [0.1, 0.15) is 13.3 Å². The Balaban J connectivity index is 1.92. The van der Waals surface area contributed by atoms with Crippen LogP contribution >= 0.6 is 0 Å². The molecule has 2 aromatic heterocycles. The lowest BCUT2D eigenvalue weighted by Crippen LogP contribution is -2.43. The number of anilines is 2. The van der Waals surface area contributed by atoms with Crippen LogP contribution in [0.3, 0.4) is 0 Å². The highest BCUT2D eigenvalue weighted by molar-refractivity contribution is 5.40. The van der Waals surface area contributed by atoms with Crippen LogP contribution in [0.5, 0.6) is 0 Å². The second-order valence-corrected chi connectivity index (χ2v) is 4.83. The molecule has 8 heteroatoms. The van der Waals surface area contributed by atoms with E-state index in [1.54, 1.807) is 24.1 Å². The van der Waals surface area contributed by atoms with Crippen molar-refractivity contribution in [3.05, 3.63) is 18.7 Å². The summed E-state index contributed by atoms with van der Waals surface area (Å²) in [6, 6.07) is 0. The van der Waals surface area contributed by atoms with Crippen LogP contribution in [0.25, 0.3) is 5.95 Å². The lowest BCUT2D eigenvalue weighted by molar-refractivity contribution is 0.0379. The van der Waals surface area contributed by atoms with Gasteiger partial charge in [-0.2, -0.15) is 15.0 Å². The Bertz CT molecular complexity index is 586. The average molecular weight is 289 g/mol. The molecule has 21 heavy (non-hydrogen) atoms. The van der Waals surface area contributed by atoms with Gasteiger partial charge in [0.15, 0.2) is 0 Å². The lowest BCUT2D eigenvalue weighted by atomic mass is 10.2. The summed E-state index contributed by atoms with van der Waals surface area (Å²) in [5.74, 6) is 1.77. The molecule has 0 bridgehead atoms. The summed E-state index contributed by atoms with van der Waals surface area (Å²) in [7, 11) is 1.80. The molecule has 0 aliphatic carbocycles. The molecule has 0 aromatic carbocycles. The fraction of sp³-hybridized carbons (Fsp3) is 0.538. The molecule has 8 nitrogen and oxygen atoms in total. The van der Waals surface area contributed by atoms with Gasteiger partial charge in [0, 0.05) is 32.5 Å². The van der Waals surface area contributed by atoms with Crippen molar-refractivity contribution in [2.45, 2.75) is 19.4 Å². The lowest BCUT2D eigenvalue weighted by Gasteiger charge is -2.32. The van der Waals surface area contributed by atoms with E-state index in [2.05, 4.69) is 37.1 Å². The zero-order chi connectivity index (χ0) is 14.7. The van der Waals surface area contributed by atoms with Gasteiger partial charge < -0.3 is 15.0 Å². The highest BCUT2D eigenvalue weighted by atomic mass is 16.5. The van der Waals surface area contributed by atoms with Crippen molar-refractivity contribution >= 4 is 11.9 Å². The molecule has 0 radical (unpaired) electrons. The Hall–Kier alpha value is -2.22. The molecule has 1 N–H and O–H groups in total. The molecule has 3 heterocycles. The second kappa shape index (κ2) is 6.04. The van der Waals surface area contributed by atoms with Gasteiger partial charge in [-0.25, -0.2) is 4.98 Å². The van der Waals surface area contributed by atoms with Gasteiger partial charge >= 0.3 is 0 Å². The molecule has 112 valence electrons. The first kappa shape index (κ1) is 13.7. The highest BCUT2D eigenvalue weighted by Gasteiger charge is 2.22. The highest BCUT2D eigenvalue weighted by Crippen LogP contribution is 2.17. The summed E-state index contributed by atoms with van der Waals surface area (Å²) in [4.78, 5) is 19.5. The number of rotatable bonds is 4. The van der Waals surface area contributed by atoms with Crippen molar-refractivity contribution in [1.29, 1.82) is 0 Å². The summed E-state index contributed by atoms with van der Waals surface area (Å²) in [6.07, 6.45) is 6.39. The molecule has 1 aliphatic rings. The van der Waals surface area contributed by atoms with Crippen LogP contribution in [-0.4, -0.2) is 57.4 Å². The van der Waals surface area contributed by atoms with Gasteiger partial charge in [-0.1, -0.05) is 6.92 Å². The van der Waals surface area contributed by atoms with Gasteiger partial charge in [-0.3, -0.25) is 4.57 Å². The van der Waals surface area contributed by atoms with Crippen molar-refractivity contribution in [3.63, 3.8) is 0 Å². The zero-order valence-corrected chi connectivity index (χ0v) is 12.2. The predicted molar refractivity (Wildman–Crippen MR) is 78.7 cm³/mol. The minimum Gasteiger partial charge on any atom is -0.375 e. The van der Waals surface area contributed by atoms with Gasteiger partial charge in [0.1, 0.15) is 6.33 Å². The molecule has 0 spiro atoms. The van der Waals surface area contributed by atoms with Crippen molar-refractivity contribution in [1.82, 2.24) is 24.5 Å². The molecule has 1 fully saturated rings. The average Bonchev–Trinajstić information content (AvgIpc) is 3.09. The molecule has 3 rings (SSSR count). The van der Waals surface area contributed by atoms with E-state index in [0.29, 0.717) is 24.5 Å². The number of nitrogens with zero attached hydrogens (tertiary/aromatic N) is 6. The molecule has 1 unspecified atom stereocenters. The first-order chi connectivity index (χ1) is 10.3. The third kappa shape index (κ3) is 2.94. The Labute approximate surface area is 123 Å². The third-order valence-electron chi connectivity index (χ3n) is 3.45. The summed E-state index contributed by atoms with van der Waals surface area (Å²) in [5, 5.41) is 2.98. The number of ether oxygens (including phenoxy) is 1. The molecule has 1 aliphatic heterocycles. The number of hydrogen-bond acceptors (Lipinski definition) is 7. The van der Waals surface area contributed by atoms with E-state index in [0.717, 1.165) is 19.5 Å². The quantitative estimate of drug-likeness (QED) is 0.888. The Morgan fingerprint density at radius 1 is 1.33 bits per heavy atom. The Morgan fingerprint density at radius 3 is 2.90 bits per heavy atom. The van der Waals surface area contributed by atoms with Crippen molar-refractivity contribution in [2.24, 2.45) is 0 Å². The molecular formula is C13H19N7O. The van der Waals surface area contributed by atoms with E-state index in [4.69, 9.17) is 4.74 Å². The normalized spacial score (nSPS) is 18.8. The van der Waals surface area contributed by atoms with Gasteiger partial charge in [0.2, 0.25) is 17.8 Å². The van der Waals surface area contributed by atoms with Crippen molar-refractivity contribution in [3.8, 4) is 5.95 Å². The van der Waals surface area contributed by atoms with Crippen LogP contribution < -0.4 is 10.2 Å². The monoisotopic (exact) mass is 289 g/mol. The van der Waals surface area contributed by atoms with Crippen molar-refractivity contribution in [2.75, 3.05) is 37.0 Å². The maximum Gasteiger partial charge on any atom is 0.241 e. The molecule has 0 amide bonds. The fourth-order valence-electron chi connectivity index (χ4n) is 2.25. The summed E-state index contributed by atoms with van der Waals surface area (Å²) >= 11 is 0. The predicted octanol–water partition coefficient (Wildman–Crippen LogP) is 0.714. The standard InChI is InChI=1S/C13H19N7O/c1-3-10-8-19(6-7-21-10)12-16-11(14-2)17-13(18-12)20-5-4-15-9-20/h4-5,9-10H,3,6-8H2,1-2H3,(H,14,16,17,18). The Morgan fingerprint density at radius 2 is 2.19 bits per heavy atom. The number of nitrogens with one attached hydrogen (secondary N) is 1. The van der Waals surface area contributed by atoms with E-state index >= 15 is 0 Å². The minimum absolute atomic E-state index is 0.227. The van der Waals surface area contributed by atoms with E-state index in [1.807, 2.05) is 6.20 Å². The number of aromatic nitrogens is 5. The molecule has 1 atom stereocenters. The molecule has 0 saturated carbocycles. The Kier molecular flexibility index (Phi) is 3.96. The summed E-state index contributed by atoms with van der Waals surface area (Å²) < 4.78 is 7.46. The number of imidazole rings is 1. The topological polar surface area (TPSA) is 81.0 Å². The largest absolute Gasteiger partial charge is 0.375 e. The number of morpholine rings is 1. The minimum atomic E-state index is 0.227. The van der Waals surface area contributed by atoms with E-state index in [-0.39, 0.29) is 6.10 Å². The maximum atomic E-state index is 5.69. The molecule has 1 saturated heterocycles. The van der Waals surface area contributed by atoms with E-state index in [9.17, 15) is 0 Å². The van der Waals surface area contributed by atoms with Gasteiger partial charge in [-0.05, 0) is 6.42 Å². The van der Waals surface area contributed by atoms with E-state index in [1.165, 1.54) is 0 Å². The first-order valence-corrected chi connectivity index (χ1v) is 7.09. The van der Waals surface area contributed by atoms with Gasteiger partial charge in [-0.15, -0.1) is 0 Å². The maximum absolute atomic E-state index is 5.69. The SMILES string of the molecule is CCC1CN(c2nc(NC)nc(-n3ccnc3)n2)CCO1. The van der Waals surface area contributed by atoms with Gasteiger partial charge in [0.05, 0.1) is 12.7 Å². The van der Waals surface area contributed by atoms with Crippen molar-refractivity contribution < 1.29 is 4.74 Å². The first-order valence-electron chi connectivity index (χ1n) is 7.09. The number of hydrogen-bond donors (Lipinski definition) is 1. The zero-order valence-electron chi connectivity index (χ0n) is 12.2. The van der Waals surface area contributed by atoms with Crippen LogP contribution in [0.15, 0.2) is 18.7 Å². The van der Waals surface area contributed by atoms with Crippen LogP contribution in [-0.2, 0) is 4.74 Å². The van der Waals surface area contributed by atoms with E-state index < -0.39 is 0 Å². The molecular weight excluding hydrogens is 270 g/mol. The summed E-state index contributed by atoms with van der Waals surface area (Å²) in [5.41, 5.74) is 0. The van der Waals surface area contributed by atoms with Crippen LogP contribution in [0, 0.1) is 0 Å². The van der Waals surface area contributed by atoms with Gasteiger partial charge in [0.25, 0.3) is 0 Å². The summed E-state index contributed by atoms with van der Waals surface area (Å²) in [6.45, 7) is 4.40. The third-order valence-corrected chi connectivity index (χ3v) is 3.45. The smallest absolute Gasteiger partial charge is 0.241 e.